The molecule has 3 aromatic rings. The number of carbonyl (C=O) groups excluding carboxylic acids is 1. The molecule has 2 aliphatic rings. The van der Waals surface area contributed by atoms with Gasteiger partial charge in [-0.05, 0) is 42.2 Å². The number of benzene rings is 2. The Morgan fingerprint density at radius 1 is 1.29 bits per heavy atom. The van der Waals surface area contributed by atoms with Crippen LogP contribution >= 0.6 is 15.9 Å². The maximum Gasteiger partial charge on any atom is 0.405 e. The summed E-state index contributed by atoms with van der Waals surface area (Å²) >= 11 is 3.25. The van der Waals surface area contributed by atoms with Crippen molar-refractivity contribution in [1.29, 1.82) is 0 Å². The van der Waals surface area contributed by atoms with Gasteiger partial charge in [-0.2, -0.15) is 0 Å². The van der Waals surface area contributed by atoms with Crippen LogP contribution in [0.25, 0.3) is 11.3 Å². The molecule has 0 aliphatic carbocycles. The molecule has 0 saturated heterocycles. The van der Waals surface area contributed by atoms with Crippen molar-refractivity contribution in [2.75, 3.05) is 4.90 Å². The number of nitrogens with zero attached hydrogens (tertiary/aromatic N) is 2. The zero-order valence-electron chi connectivity index (χ0n) is 16.2. The van der Waals surface area contributed by atoms with Gasteiger partial charge in [0, 0.05) is 16.5 Å². The lowest BCUT2D eigenvalue weighted by atomic mass is 10.0. The Hall–Kier alpha value is -3.20. The summed E-state index contributed by atoms with van der Waals surface area (Å²) in [6.45, 7) is 0. The van der Waals surface area contributed by atoms with E-state index < -0.39 is 24.0 Å². The molecule has 1 aromatic heterocycles. The third-order valence-corrected chi connectivity index (χ3v) is 6.33. The van der Waals surface area contributed by atoms with Crippen LogP contribution in [-0.4, -0.2) is 33.1 Å². The van der Waals surface area contributed by atoms with Gasteiger partial charge in [-0.1, -0.05) is 34.1 Å². The highest BCUT2D eigenvalue weighted by Crippen LogP contribution is 2.44. The second kappa shape index (κ2) is 7.49. The lowest BCUT2D eigenvalue weighted by Crippen LogP contribution is -2.48. The fourth-order valence-corrected chi connectivity index (χ4v) is 4.82. The van der Waals surface area contributed by atoms with Crippen molar-refractivity contribution in [2.45, 2.75) is 31.3 Å². The summed E-state index contributed by atoms with van der Waals surface area (Å²) in [5, 5.41) is 11.5. The number of hydrogen-bond acceptors (Lipinski definition) is 3. The van der Waals surface area contributed by atoms with Crippen LogP contribution in [0.5, 0.6) is 0 Å². The number of para-hydroxylation sites is 1. The molecule has 0 spiro atoms. The van der Waals surface area contributed by atoms with Crippen LogP contribution < -0.4 is 10.2 Å². The Balaban J connectivity index is 1.55. The number of nitrogens with one attached hydrogen (secondary N) is 2. The number of rotatable bonds is 3. The number of carbonyl (C=O) groups is 2. The first-order valence-corrected chi connectivity index (χ1v) is 10.7. The zero-order chi connectivity index (χ0) is 21.7. The Labute approximate surface area is 185 Å². The molecule has 2 amide bonds. The van der Waals surface area contributed by atoms with Crippen molar-refractivity contribution >= 4 is 33.6 Å². The average Bonchev–Trinajstić information content (AvgIpc) is 3.32. The van der Waals surface area contributed by atoms with Gasteiger partial charge in [0.05, 0.1) is 23.6 Å². The topological polar surface area (TPSA) is 98.3 Å². The van der Waals surface area contributed by atoms with E-state index in [2.05, 4.69) is 31.2 Å². The number of amides is 2. The van der Waals surface area contributed by atoms with Crippen LogP contribution in [0.1, 0.15) is 29.4 Å². The lowest BCUT2D eigenvalue weighted by molar-refractivity contribution is -0.120. The van der Waals surface area contributed by atoms with Gasteiger partial charge < -0.3 is 15.4 Å². The third-order valence-electron chi connectivity index (χ3n) is 5.84. The molecule has 158 valence electrons. The monoisotopic (exact) mass is 484 g/mol. The zero-order valence-corrected chi connectivity index (χ0v) is 17.8. The van der Waals surface area contributed by atoms with E-state index in [4.69, 9.17) is 0 Å². The number of aryl methyl sites for hydroxylation is 1. The SMILES string of the molecule is O=C(O)N[C@H]1CCc2cccc3c2N(C1=O)[C@H](c1ncc(-c2ccc(Br)cc2F)[nH]1)C3. The molecule has 3 N–H and O–H groups in total. The van der Waals surface area contributed by atoms with E-state index in [1.807, 2.05) is 18.2 Å². The Morgan fingerprint density at radius 3 is 2.87 bits per heavy atom. The first kappa shape index (κ1) is 19.7. The Kier molecular flexibility index (Phi) is 4.77. The summed E-state index contributed by atoms with van der Waals surface area (Å²) in [6, 6.07) is 9.42. The maximum absolute atomic E-state index is 14.4. The maximum atomic E-state index is 14.4. The summed E-state index contributed by atoms with van der Waals surface area (Å²) in [5.41, 5.74) is 3.75. The third kappa shape index (κ3) is 3.38. The number of halogens is 2. The molecule has 0 fully saturated rings. The number of imidazole rings is 1. The van der Waals surface area contributed by atoms with Crippen LogP contribution in [0.4, 0.5) is 14.9 Å². The summed E-state index contributed by atoms with van der Waals surface area (Å²) in [4.78, 5) is 33.9. The van der Waals surface area contributed by atoms with E-state index in [0.29, 0.717) is 40.8 Å². The van der Waals surface area contributed by atoms with Crippen LogP contribution in [-0.2, 0) is 17.6 Å². The van der Waals surface area contributed by atoms with Crippen molar-refractivity contribution in [3.63, 3.8) is 0 Å². The second-order valence-corrected chi connectivity index (χ2v) is 8.62. The van der Waals surface area contributed by atoms with E-state index in [1.165, 1.54) is 6.07 Å². The number of carboxylic acid groups (broad SMARTS) is 1. The van der Waals surface area contributed by atoms with Crippen molar-refractivity contribution < 1.29 is 19.1 Å². The first-order valence-electron chi connectivity index (χ1n) is 9.86. The molecule has 0 bridgehead atoms. The van der Waals surface area contributed by atoms with Crippen LogP contribution in [0.3, 0.4) is 0 Å². The summed E-state index contributed by atoms with van der Waals surface area (Å²) in [6.07, 6.45) is 1.85. The summed E-state index contributed by atoms with van der Waals surface area (Å²) < 4.78 is 15.1. The molecular formula is C22H18BrFN4O3. The minimum atomic E-state index is -1.23. The highest BCUT2D eigenvalue weighted by Gasteiger charge is 2.42. The average molecular weight is 485 g/mol. The molecule has 0 radical (unpaired) electrons. The number of aromatic nitrogens is 2. The van der Waals surface area contributed by atoms with Gasteiger partial charge in [0.2, 0.25) is 5.91 Å². The predicted molar refractivity (Wildman–Crippen MR) is 115 cm³/mol. The van der Waals surface area contributed by atoms with Gasteiger partial charge in [0.15, 0.2) is 0 Å². The first-order chi connectivity index (χ1) is 14.9. The predicted octanol–water partition coefficient (Wildman–Crippen LogP) is 4.19. The molecule has 3 heterocycles. The van der Waals surface area contributed by atoms with E-state index >= 15 is 0 Å². The molecule has 7 nitrogen and oxygen atoms in total. The van der Waals surface area contributed by atoms with Gasteiger partial charge in [-0.3, -0.25) is 9.69 Å². The molecule has 5 rings (SSSR count). The second-order valence-electron chi connectivity index (χ2n) is 7.70. The van der Waals surface area contributed by atoms with Crippen LogP contribution in [0.2, 0.25) is 0 Å². The summed E-state index contributed by atoms with van der Waals surface area (Å²) in [5.74, 6) is -0.161. The fourth-order valence-electron chi connectivity index (χ4n) is 4.48. The van der Waals surface area contributed by atoms with Crippen molar-refractivity contribution in [3.8, 4) is 11.3 Å². The minimum absolute atomic E-state index is 0.302. The van der Waals surface area contributed by atoms with E-state index in [1.54, 1.807) is 23.2 Å². The minimum Gasteiger partial charge on any atom is -0.465 e. The van der Waals surface area contributed by atoms with E-state index in [9.17, 15) is 19.1 Å². The summed E-state index contributed by atoms with van der Waals surface area (Å²) in [7, 11) is 0. The van der Waals surface area contributed by atoms with Crippen molar-refractivity contribution in [2.24, 2.45) is 0 Å². The van der Waals surface area contributed by atoms with Crippen molar-refractivity contribution in [3.05, 3.63) is 69.8 Å². The molecule has 2 aliphatic heterocycles. The highest BCUT2D eigenvalue weighted by atomic mass is 79.9. The fraction of sp³-hybridized carbons (Fsp3) is 0.227. The molecule has 2 atom stereocenters. The molecule has 0 unspecified atom stereocenters. The quantitative estimate of drug-likeness (QED) is 0.518. The molecule has 2 aromatic carbocycles. The van der Waals surface area contributed by atoms with E-state index in [0.717, 1.165) is 16.8 Å². The lowest BCUT2D eigenvalue weighted by Gasteiger charge is -2.27. The van der Waals surface area contributed by atoms with Crippen molar-refractivity contribution in [1.82, 2.24) is 15.3 Å². The molecule has 0 saturated carbocycles. The molecule has 9 heteroatoms. The molecule has 31 heavy (non-hydrogen) atoms. The Bertz CT molecular complexity index is 1210. The van der Waals surface area contributed by atoms with Gasteiger partial charge in [0.25, 0.3) is 0 Å². The van der Waals surface area contributed by atoms with Gasteiger partial charge in [-0.25, -0.2) is 14.2 Å². The largest absolute Gasteiger partial charge is 0.465 e. The number of aromatic amines is 1. The smallest absolute Gasteiger partial charge is 0.405 e. The Morgan fingerprint density at radius 2 is 2.10 bits per heavy atom. The normalized spacial score (nSPS) is 19.8. The van der Waals surface area contributed by atoms with Crippen LogP contribution in [0.15, 0.2) is 47.1 Å². The molecular weight excluding hydrogens is 467 g/mol. The number of hydrogen-bond donors (Lipinski definition) is 3. The highest BCUT2D eigenvalue weighted by molar-refractivity contribution is 9.10. The van der Waals surface area contributed by atoms with Gasteiger partial charge >= 0.3 is 6.09 Å². The van der Waals surface area contributed by atoms with Gasteiger partial charge in [0.1, 0.15) is 17.7 Å². The van der Waals surface area contributed by atoms with Gasteiger partial charge in [-0.15, -0.1) is 0 Å². The standard InChI is InChI=1S/C22H18BrFN4O3/c23-13-5-6-14(15(24)9-13)17-10-25-20(26-17)18-8-12-3-1-2-11-4-7-16(27-22(30)31)21(29)28(18)19(11)12/h1-3,5-6,9-10,16,18,27H,4,7-8H2,(H,25,26)(H,30,31)/t16-,18-/m0/s1. The number of anilines is 1. The van der Waals surface area contributed by atoms with E-state index in [-0.39, 0.29) is 5.91 Å². The number of H-pyrrole nitrogens is 1. The van der Waals surface area contributed by atoms with Crippen LogP contribution in [0, 0.1) is 5.82 Å².